The molecule has 0 unspecified atom stereocenters. The molecule has 0 saturated heterocycles. The van der Waals surface area contributed by atoms with Crippen LogP contribution in [0, 0.1) is 0 Å². The first-order valence-corrected chi connectivity index (χ1v) is 5.50. The molecule has 2 N–H and O–H groups in total. The molecule has 0 atom stereocenters. The molecule has 4 heteroatoms. The topological polar surface area (TPSA) is 38.5 Å². The summed E-state index contributed by atoms with van der Waals surface area (Å²) >= 11 is 4.96. The molecule has 0 fully saturated rings. The first-order valence-electron chi connectivity index (χ1n) is 5.09. The normalized spacial score (nSPS) is 11.0. The molecular formula is C12H18N2OS. The average Bonchev–Trinajstić information content (AvgIpc) is 2.17. The Bertz CT molecular complexity index is 388. The lowest BCUT2D eigenvalue weighted by molar-refractivity contribution is 0.184. The van der Waals surface area contributed by atoms with Gasteiger partial charge in [-0.3, -0.25) is 0 Å². The highest BCUT2D eigenvalue weighted by atomic mass is 32.1. The number of nitrogens with two attached hydrogens (primary N) is 1. The lowest BCUT2D eigenvalue weighted by Crippen LogP contribution is -2.42. The first kappa shape index (κ1) is 12.8. The minimum absolute atomic E-state index is 0.350. The van der Waals surface area contributed by atoms with E-state index in [0.717, 1.165) is 11.4 Å². The Balaban J connectivity index is 2.90. The quantitative estimate of drug-likeness (QED) is 0.816. The van der Waals surface area contributed by atoms with Gasteiger partial charge in [0.25, 0.3) is 0 Å². The lowest BCUT2D eigenvalue weighted by atomic mass is 10.1. The molecular weight excluding hydrogens is 220 g/mol. The zero-order chi connectivity index (χ0) is 12.3. The Morgan fingerprint density at radius 2 is 2.00 bits per heavy atom. The predicted octanol–water partition coefficient (Wildman–Crippen LogP) is 2.20. The van der Waals surface area contributed by atoms with E-state index in [1.54, 1.807) is 0 Å². The van der Waals surface area contributed by atoms with Crippen molar-refractivity contribution >= 4 is 22.9 Å². The second-order valence-corrected chi connectivity index (χ2v) is 4.81. The number of hydrogen-bond donors (Lipinski definition) is 1. The molecule has 0 amide bonds. The minimum Gasteiger partial charge on any atom is -0.481 e. The molecule has 0 radical (unpaired) electrons. The van der Waals surface area contributed by atoms with E-state index in [1.807, 2.05) is 57.1 Å². The summed E-state index contributed by atoms with van der Waals surface area (Å²) in [6.07, 6.45) is 0. The summed E-state index contributed by atoms with van der Waals surface area (Å²) in [7, 11) is 3.97. The molecule has 88 valence electrons. The summed E-state index contributed by atoms with van der Waals surface area (Å²) in [6, 6.07) is 7.81. The van der Waals surface area contributed by atoms with Crippen molar-refractivity contribution in [3.05, 3.63) is 24.3 Å². The Hall–Kier alpha value is -1.29. The molecule has 0 bridgehead atoms. The molecule has 0 aromatic heterocycles. The van der Waals surface area contributed by atoms with Gasteiger partial charge in [0.15, 0.2) is 5.60 Å². The predicted molar refractivity (Wildman–Crippen MR) is 72.3 cm³/mol. The minimum atomic E-state index is -0.625. The van der Waals surface area contributed by atoms with Gasteiger partial charge in [0.2, 0.25) is 0 Å². The summed E-state index contributed by atoms with van der Waals surface area (Å²) in [5, 5.41) is 0. The maximum Gasteiger partial charge on any atom is 0.153 e. The van der Waals surface area contributed by atoms with Gasteiger partial charge in [0, 0.05) is 25.8 Å². The van der Waals surface area contributed by atoms with Crippen LogP contribution in [0.2, 0.25) is 0 Å². The molecule has 0 aliphatic rings. The van der Waals surface area contributed by atoms with Crippen molar-refractivity contribution in [2.24, 2.45) is 5.73 Å². The number of thiocarbonyl (C=S) groups is 1. The highest BCUT2D eigenvalue weighted by Crippen LogP contribution is 2.23. The van der Waals surface area contributed by atoms with E-state index in [1.165, 1.54) is 0 Å². The van der Waals surface area contributed by atoms with Gasteiger partial charge in [0.1, 0.15) is 10.7 Å². The van der Waals surface area contributed by atoms with Crippen LogP contribution in [-0.4, -0.2) is 24.7 Å². The molecule has 0 saturated carbocycles. The second-order valence-electron chi connectivity index (χ2n) is 4.37. The maximum absolute atomic E-state index is 5.76. The standard InChI is InChI=1S/C12H18N2OS/c1-12(2,11(13)16)15-10-7-5-6-9(8-10)14(3)4/h5-8H,1-4H3,(H2,13,16). The van der Waals surface area contributed by atoms with Gasteiger partial charge in [-0.1, -0.05) is 18.3 Å². The fourth-order valence-electron chi connectivity index (χ4n) is 1.17. The highest BCUT2D eigenvalue weighted by molar-refractivity contribution is 7.80. The fourth-order valence-corrected chi connectivity index (χ4v) is 1.21. The summed E-state index contributed by atoms with van der Waals surface area (Å²) in [5.41, 5.74) is 6.07. The van der Waals surface area contributed by atoms with Gasteiger partial charge in [-0.25, -0.2) is 0 Å². The number of benzene rings is 1. The number of anilines is 1. The van der Waals surface area contributed by atoms with E-state index in [0.29, 0.717) is 4.99 Å². The zero-order valence-electron chi connectivity index (χ0n) is 10.2. The SMILES string of the molecule is CN(C)c1cccc(OC(C)(C)C(N)=S)c1. The Morgan fingerprint density at radius 1 is 1.38 bits per heavy atom. The average molecular weight is 238 g/mol. The van der Waals surface area contributed by atoms with Crippen LogP contribution in [0.5, 0.6) is 5.75 Å². The molecule has 0 aliphatic carbocycles. The number of ether oxygens (including phenoxy) is 1. The Morgan fingerprint density at radius 3 is 2.50 bits per heavy atom. The third-order valence-corrected chi connectivity index (χ3v) is 2.79. The van der Waals surface area contributed by atoms with E-state index in [4.69, 9.17) is 22.7 Å². The van der Waals surface area contributed by atoms with Gasteiger partial charge in [-0.2, -0.15) is 0 Å². The zero-order valence-corrected chi connectivity index (χ0v) is 11.0. The van der Waals surface area contributed by atoms with Crippen LogP contribution in [0.25, 0.3) is 0 Å². The van der Waals surface area contributed by atoms with E-state index in [2.05, 4.69) is 0 Å². The van der Waals surface area contributed by atoms with E-state index >= 15 is 0 Å². The molecule has 0 spiro atoms. The van der Waals surface area contributed by atoms with Crippen molar-refractivity contribution < 1.29 is 4.74 Å². The van der Waals surface area contributed by atoms with Gasteiger partial charge >= 0.3 is 0 Å². The molecule has 0 heterocycles. The monoisotopic (exact) mass is 238 g/mol. The third kappa shape index (κ3) is 3.10. The van der Waals surface area contributed by atoms with Crippen LogP contribution in [0.3, 0.4) is 0 Å². The van der Waals surface area contributed by atoms with Gasteiger partial charge < -0.3 is 15.4 Å². The van der Waals surface area contributed by atoms with Crippen LogP contribution in [0.1, 0.15) is 13.8 Å². The largest absolute Gasteiger partial charge is 0.481 e. The van der Waals surface area contributed by atoms with Crippen molar-refractivity contribution in [3.8, 4) is 5.75 Å². The van der Waals surface area contributed by atoms with Gasteiger partial charge in [-0.15, -0.1) is 0 Å². The number of rotatable bonds is 4. The molecule has 0 aliphatic heterocycles. The maximum atomic E-state index is 5.76. The van der Waals surface area contributed by atoms with Gasteiger partial charge in [0.05, 0.1) is 0 Å². The van der Waals surface area contributed by atoms with Crippen LogP contribution in [0.4, 0.5) is 5.69 Å². The van der Waals surface area contributed by atoms with Crippen molar-refractivity contribution in [1.29, 1.82) is 0 Å². The third-order valence-electron chi connectivity index (χ3n) is 2.30. The summed E-state index contributed by atoms with van der Waals surface area (Å²) in [6.45, 7) is 3.72. The van der Waals surface area contributed by atoms with E-state index in [9.17, 15) is 0 Å². The van der Waals surface area contributed by atoms with Crippen molar-refractivity contribution in [2.75, 3.05) is 19.0 Å². The molecule has 1 aromatic carbocycles. The van der Waals surface area contributed by atoms with Crippen LogP contribution in [-0.2, 0) is 0 Å². The number of nitrogens with zero attached hydrogens (tertiary/aromatic N) is 1. The van der Waals surface area contributed by atoms with E-state index < -0.39 is 5.60 Å². The van der Waals surface area contributed by atoms with Crippen LogP contribution < -0.4 is 15.4 Å². The van der Waals surface area contributed by atoms with Crippen molar-refractivity contribution in [1.82, 2.24) is 0 Å². The first-order chi connectivity index (χ1) is 7.33. The van der Waals surface area contributed by atoms with E-state index in [-0.39, 0.29) is 0 Å². The van der Waals surface area contributed by atoms with Crippen molar-refractivity contribution in [2.45, 2.75) is 19.4 Å². The molecule has 1 rings (SSSR count). The Labute approximate surface area is 102 Å². The molecule has 1 aromatic rings. The van der Waals surface area contributed by atoms with Crippen LogP contribution >= 0.6 is 12.2 Å². The fraction of sp³-hybridized carbons (Fsp3) is 0.417. The molecule has 16 heavy (non-hydrogen) atoms. The second kappa shape index (κ2) is 4.70. The highest BCUT2D eigenvalue weighted by Gasteiger charge is 2.23. The Kier molecular flexibility index (Phi) is 3.75. The summed E-state index contributed by atoms with van der Waals surface area (Å²) < 4.78 is 5.76. The lowest BCUT2D eigenvalue weighted by Gasteiger charge is -2.25. The molecule has 3 nitrogen and oxygen atoms in total. The summed E-state index contributed by atoms with van der Waals surface area (Å²) in [5.74, 6) is 0.768. The summed E-state index contributed by atoms with van der Waals surface area (Å²) in [4.78, 5) is 2.36. The van der Waals surface area contributed by atoms with Crippen molar-refractivity contribution in [3.63, 3.8) is 0 Å². The van der Waals surface area contributed by atoms with Gasteiger partial charge in [-0.05, 0) is 26.0 Å². The van der Waals surface area contributed by atoms with Crippen LogP contribution in [0.15, 0.2) is 24.3 Å². The smallest absolute Gasteiger partial charge is 0.153 e. The number of hydrogen-bond acceptors (Lipinski definition) is 3.